The Bertz CT molecular complexity index is 437. The minimum atomic E-state index is 0.785. The van der Waals surface area contributed by atoms with Gasteiger partial charge in [-0.05, 0) is 36.6 Å². The highest BCUT2D eigenvalue weighted by Gasteiger charge is 2.04. The highest BCUT2D eigenvalue weighted by atomic mass is 16.1. The highest BCUT2D eigenvalue weighted by Crippen LogP contribution is 2.17. The van der Waals surface area contributed by atoms with Crippen molar-refractivity contribution in [3.05, 3.63) is 48.1 Å². The van der Waals surface area contributed by atoms with Gasteiger partial charge < -0.3 is 4.90 Å². The predicted molar refractivity (Wildman–Crippen MR) is 92.7 cm³/mol. The minimum absolute atomic E-state index is 0.785. The topological polar surface area (TPSA) is 20.3 Å². The smallest absolute Gasteiger partial charge is 0.142 e. The van der Waals surface area contributed by atoms with Gasteiger partial charge in [-0.15, -0.1) is 0 Å². The molecule has 2 heteroatoms. The van der Waals surface area contributed by atoms with E-state index in [1.807, 2.05) is 12.2 Å². The molecule has 0 saturated heterocycles. The number of nitrogens with zero attached hydrogens (tertiary/aromatic N) is 1. The van der Waals surface area contributed by atoms with E-state index in [1.165, 1.54) is 37.4 Å². The van der Waals surface area contributed by atoms with Crippen LogP contribution < -0.4 is 4.90 Å². The third kappa shape index (κ3) is 6.94. The Labute approximate surface area is 129 Å². The van der Waals surface area contributed by atoms with Gasteiger partial charge in [-0.1, -0.05) is 57.0 Å². The number of hydrogen-bond donors (Lipinski definition) is 0. The van der Waals surface area contributed by atoms with E-state index in [9.17, 15) is 4.79 Å². The third-order valence-corrected chi connectivity index (χ3v) is 3.41. The van der Waals surface area contributed by atoms with Crippen LogP contribution in [-0.4, -0.2) is 19.4 Å². The van der Waals surface area contributed by atoms with Crippen LogP contribution >= 0.6 is 0 Å². The van der Waals surface area contributed by atoms with Gasteiger partial charge in [0.15, 0.2) is 0 Å². The summed E-state index contributed by atoms with van der Waals surface area (Å²) in [6, 6.07) is 8.64. The summed E-state index contributed by atoms with van der Waals surface area (Å²) in [4.78, 5) is 12.7. The zero-order valence-corrected chi connectivity index (χ0v) is 13.3. The standard InChI is InChI=1S/C19H27NO/c1-3-5-15-20(16-6-4-2)19-13-11-18(12-14-19)10-8-7-9-17-21/h7-14,17H,3-6,15-16H2,1-2H3. The Morgan fingerprint density at radius 1 is 0.905 bits per heavy atom. The summed E-state index contributed by atoms with van der Waals surface area (Å²) in [5.41, 5.74) is 2.46. The van der Waals surface area contributed by atoms with Gasteiger partial charge in [-0.3, -0.25) is 4.79 Å². The van der Waals surface area contributed by atoms with Gasteiger partial charge in [0.05, 0.1) is 0 Å². The summed E-state index contributed by atoms with van der Waals surface area (Å²) in [7, 11) is 0. The van der Waals surface area contributed by atoms with Crippen molar-refractivity contribution >= 4 is 18.0 Å². The van der Waals surface area contributed by atoms with Crippen LogP contribution in [0.25, 0.3) is 6.08 Å². The van der Waals surface area contributed by atoms with Gasteiger partial charge in [0.25, 0.3) is 0 Å². The molecule has 0 unspecified atom stereocenters. The van der Waals surface area contributed by atoms with Crippen molar-refractivity contribution in [3.63, 3.8) is 0 Å². The monoisotopic (exact) mass is 285 g/mol. The second-order valence-corrected chi connectivity index (χ2v) is 5.17. The van der Waals surface area contributed by atoms with Gasteiger partial charge in [-0.2, -0.15) is 0 Å². The SMILES string of the molecule is CCCCN(CCCC)c1ccc(C=CC=CC=O)cc1. The maximum absolute atomic E-state index is 10.2. The van der Waals surface area contributed by atoms with E-state index in [2.05, 4.69) is 43.0 Å². The number of rotatable bonds is 10. The fourth-order valence-corrected chi connectivity index (χ4v) is 2.14. The number of anilines is 1. The van der Waals surface area contributed by atoms with Crippen LogP contribution in [0.5, 0.6) is 0 Å². The molecule has 1 rings (SSSR count). The maximum Gasteiger partial charge on any atom is 0.142 e. The Morgan fingerprint density at radius 2 is 1.52 bits per heavy atom. The quantitative estimate of drug-likeness (QED) is 0.347. The van der Waals surface area contributed by atoms with Crippen LogP contribution in [0.2, 0.25) is 0 Å². The van der Waals surface area contributed by atoms with Crippen molar-refractivity contribution in [2.24, 2.45) is 0 Å². The first-order chi connectivity index (χ1) is 10.3. The van der Waals surface area contributed by atoms with Gasteiger partial charge in [0.2, 0.25) is 0 Å². The largest absolute Gasteiger partial charge is 0.372 e. The number of allylic oxidation sites excluding steroid dienone is 3. The molecule has 0 aromatic heterocycles. The Hall–Kier alpha value is -1.83. The van der Waals surface area contributed by atoms with E-state index in [1.54, 1.807) is 6.08 Å². The number of hydrogen-bond acceptors (Lipinski definition) is 2. The average molecular weight is 285 g/mol. The normalized spacial score (nSPS) is 11.3. The molecule has 0 aliphatic carbocycles. The predicted octanol–water partition coefficient (Wildman–Crippen LogP) is 4.86. The van der Waals surface area contributed by atoms with Crippen molar-refractivity contribution < 1.29 is 4.79 Å². The van der Waals surface area contributed by atoms with Crippen molar-refractivity contribution in [1.29, 1.82) is 0 Å². The molecule has 114 valence electrons. The van der Waals surface area contributed by atoms with Crippen molar-refractivity contribution in [2.75, 3.05) is 18.0 Å². The van der Waals surface area contributed by atoms with Gasteiger partial charge in [-0.25, -0.2) is 0 Å². The molecule has 0 saturated carbocycles. The van der Waals surface area contributed by atoms with E-state index in [0.717, 1.165) is 24.9 Å². The molecule has 1 aromatic carbocycles. The molecule has 1 aromatic rings. The maximum atomic E-state index is 10.2. The summed E-state index contributed by atoms with van der Waals surface area (Å²) in [5.74, 6) is 0. The number of carbonyl (C=O) groups excluding carboxylic acids is 1. The Morgan fingerprint density at radius 3 is 2.05 bits per heavy atom. The van der Waals surface area contributed by atoms with E-state index in [4.69, 9.17) is 0 Å². The lowest BCUT2D eigenvalue weighted by molar-refractivity contribution is -0.104. The second-order valence-electron chi connectivity index (χ2n) is 5.17. The molecule has 0 fully saturated rings. The zero-order chi connectivity index (χ0) is 15.3. The van der Waals surface area contributed by atoms with Crippen LogP contribution in [0.4, 0.5) is 5.69 Å². The number of benzene rings is 1. The summed E-state index contributed by atoms with van der Waals surface area (Å²) in [5, 5.41) is 0. The number of unbranched alkanes of at least 4 members (excludes halogenated alkanes) is 2. The average Bonchev–Trinajstić information content (AvgIpc) is 2.53. The first kappa shape index (κ1) is 17.2. The Balaban J connectivity index is 2.69. The summed E-state index contributed by atoms with van der Waals surface area (Å²) < 4.78 is 0. The van der Waals surface area contributed by atoms with Crippen molar-refractivity contribution in [1.82, 2.24) is 0 Å². The van der Waals surface area contributed by atoms with Crippen molar-refractivity contribution in [3.8, 4) is 0 Å². The van der Waals surface area contributed by atoms with E-state index in [0.29, 0.717) is 0 Å². The molecule has 0 heterocycles. The number of aldehydes is 1. The molecule has 0 radical (unpaired) electrons. The minimum Gasteiger partial charge on any atom is -0.372 e. The molecule has 21 heavy (non-hydrogen) atoms. The summed E-state index contributed by atoms with van der Waals surface area (Å²) in [6.07, 6.45) is 12.8. The molecule has 0 aliphatic heterocycles. The molecule has 0 spiro atoms. The van der Waals surface area contributed by atoms with Crippen molar-refractivity contribution in [2.45, 2.75) is 39.5 Å². The molecule has 0 bridgehead atoms. The van der Waals surface area contributed by atoms with Crippen LogP contribution in [0, 0.1) is 0 Å². The van der Waals surface area contributed by atoms with Crippen LogP contribution in [0.15, 0.2) is 42.5 Å². The zero-order valence-electron chi connectivity index (χ0n) is 13.3. The third-order valence-electron chi connectivity index (χ3n) is 3.41. The van der Waals surface area contributed by atoms with Crippen LogP contribution in [0.3, 0.4) is 0 Å². The lowest BCUT2D eigenvalue weighted by Gasteiger charge is -2.24. The first-order valence-electron chi connectivity index (χ1n) is 7.95. The fourth-order valence-electron chi connectivity index (χ4n) is 2.14. The fraction of sp³-hybridized carbons (Fsp3) is 0.421. The summed E-state index contributed by atoms with van der Waals surface area (Å²) in [6.45, 7) is 6.74. The second kappa shape index (κ2) is 10.9. The molecular formula is C19H27NO. The Kier molecular flexibility index (Phi) is 8.94. The van der Waals surface area contributed by atoms with Gasteiger partial charge in [0.1, 0.15) is 6.29 Å². The van der Waals surface area contributed by atoms with Crippen LogP contribution in [0.1, 0.15) is 45.1 Å². The molecule has 0 N–H and O–H groups in total. The summed E-state index contributed by atoms with van der Waals surface area (Å²) >= 11 is 0. The van der Waals surface area contributed by atoms with E-state index >= 15 is 0 Å². The molecule has 0 aliphatic rings. The highest BCUT2D eigenvalue weighted by molar-refractivity contribution is 5.66. The molecule has 2 nitrogen and oxygen atoms in total. The molecular weight excluding hydrogens is 258 g/mol. The first-order valence-corrected chi connectivity index (χ1v) is 7.95. The van der Waals surface area contributed by atoms with E-state index < -0.39 is 0 Å². The van der Waals surface area contributed by atoms with E-state index in [-0.39, 0.29) is 0 Å². The van der Waals surface area contributed by atoms with Gasteiger partial charge in [0, 0.05) is 18.8 Å². The lowest BCUT2D eigenvalue weighted by atomic mass is 10.1. The molecule has 0 atom stereocenters. The van der Waals surface area contributed by atoms with Gasteiger partial charge >= 0.3 is 0 Å². The molecule has 0 amide bonds. The van der Waals surface area contributed by atoms with Crippen LogP contribution in [-0.2, 0) is 4.79 Å². The number of carbonyl (C=O) groups is 1. The lowest BCUT2D eigenvalue weighted by Crippen LogP contribution is -2.25.